The first-order valence-corrected chi connectivity index (χ1v) is 9.31. The van der Waals surface area contributed by atoms with Gasteiger partial charge in [0.2, 0.25) is 6.29 Å². The van der Waals surface area contributed by atoms with Gasteiger partial charge in [-0.2, -0.15) is 0 Å². The minimum Gasteiger partial charge on any atom is -0.508 e. The van der Waals surface area contributed by atoms with Crippen molar-refractivity contribution in [1.29, 1.82) is 0 Å². The number of aryl methyl sites for hydroxylation is 1. The second-order valence-electron chi connectivity index (χ2n) is 6.66. The largest absolute Gasteiger partial charge is 0.508 e. The monoisotopic (exact) mass is 400 g/mol. The summed E-state index contributed by atoms with van der Waals surface area (Å²) in [5, 5.41) is 48.8. The number of unbranched alkanes of at least 4 members (excludes halogenated alkanes) is 1. The number of carbonyl (C=O) groups excluding carboxylic acids is 1. The summed E-state index contributed by atoms with van der Waals surface area (Å²) in [5.41, 5.74) is 0.753. The number of esters is 1. The van der Waals surface area contributed by atoms with E-state index in [0.29, 0.717) is 32.3 Å². The molecule has 0 unspecified atom stereocenters. The molecule has 0 spiro atoms. The Morgan fingerprint density at radius 3 is 2.54 bits per heavy atom. The summed E-state index contributed by atoms with van der Waals surface area (Å²) in [4.78, 5) is 11.3. The van der Waals surface area contributed by atoms with E-state index in [9.17, 15) is 30.3 Å². The Bertz CT molecular complexity index is 634. The number of hydrogen-bond donors (Lipinski definition) is 5. The Morgan fingerprint density at radius 1 is 1.11 bits per heavy atom. The van der Waals surface area contributed by atoms with Crippen LogP contribution in [0.1, 0.15) is 31.7 Å². The number of ether oxygens (including phenoxy) is 3. The second-order valence-corrected chi connectivity index (χ2v) is 6.66. The van der Waals surface area contributed by atoms with Crippen LogP contribution in [-0.4, -0.2) is 75.4 Å². The van der Waals surface area contributed by atoms with Crippen LogP contribution in [-0.2, 0) is 20.7 Å². The predicted molar refractivity (Wildman–Crippen MR) is 96.7 cm³/mol. The summed E-state index contributed by atoms with van der Waals surface area (Å²) in [5.74, 6) is -0.0998. The number of aliphatic hydroxyl groups is 4. The van der Waals surface area contributed by atoms with Crippen LogP contribution in [0.2, 0.25) is 0 Å². The van der Waals surface area contributed by atoms with E-state index in [4.69, 9.17) is 14.2 Å². The number of hydrogen-bond acceptors (Lipinski definition) is 9. The molecule has 9 nitrogen and oxygen atoms in total. The summed E-state index contributed by atoms with van der Waals surface area (Å²) < 4.78 is 15.7. The van der Waals surface area contributed by atoms with Crippen molar-refractivity contribution >= 4 is 5.97 Å². The fourth-order valence-electron chi connectivity index (χ4n) is 2.99. The van der Waals surface area contributed by atoms with Crippen molar-refractivity contribution in [2.45, 2.75) is 63.3 Å². The molecule has 2 rings (SSSR count). The first-order valence-electron chi connectivity index (χ1n) is 9.31. The molecule has 0 radical (unpaired) electrons. The van der Waals surface area contributed by atoms with E-state index in [1.54, 1.807) is 19.1 Å². The van der Waals surface area contributed by atoms with Crippen LogP contribution >= 0.6 is 0 Å². The van der Waals surface area contributed by atoms with Gasteiger partial charge in [-0.3, -0.25) is 4.79 Å². The first-order chi connectivity index (χ1) is 13.3. The number of aliphatic hydroxyl groups excluding tert-OH is 4. The van der Waals surface area contributed by atoms with Crippen molar-refractivity contribution in [1.82, 2.24) is 0 Å². The van der Waals surface area contributed by atoms with Crippen LogP contribution in [0.25, 0.3) is 0 Å². The first kappa shape index (κ1) is 22.4. The molecule has 1 heterocycles. The number of aromatic hydroxyl groups is 1. The van der Waals surface area contributed by atoms with Gasteiger partial charge in [0.15, 0.2) is 0 Å². The summed E-state index contributed by atoms with van der Waals surface area (Å²) in [6, 6.07) is 4.53. The summed E-state index contributed by atoms with van der Waals surface area (Å²) >= 11 is 0. The van der Waals surface area contributed by atoms with Gasteiger partial charge in [-0.15, -0.1) is 0 Å². The molecule has 158 valence electrons. The molecule has 1 fully saturated rings. The van der Waals surface area contributed by atoms with Gasteiger partial charge in [-0.1, -0.05) is 0 Å². The van der Waals surface area contributed by atoms with E-state index in [0.717, 1.165) is 5.56 Å². The minimum absolute atomic E-state index is 0.0533. The average Bonchev–Trinajstić information content (AvgIpc) is 2.65. The highest BCUT2D eigenvalue weighted by atomic mass is 16.7. The fraction of sp³-hybridized carbons (Fsp3) is 0.632. The molecule has 1 saturated heterocycles. The number of rotatable bonds is 9. The van der Waals surface area contributed by atoms with E-state index in [-0.39, 0.29) is 17.5 Å². The molecule has 1 aromatic carbocycles. The molecule has 0 aliphatic carbocycles. The highest BCUT2D eigenvalue weighted by molar-refractivity contribution is 5.69. The number of phenols is 1. The van der Waals surface area contributed by atoms with Crippen LogP contribution < -0.4 is 4.74 Å². The van der Waals surface area contributed by atoms with Crippen LogP contribution in [0.3, 0.4) is 0 Å². The topological polar surface area (TPSA) is 146 Å². The molecule has 9 heteroatoms. The SMILES string of the molecule is CCOC(=O)CCCCc1cc(O)cc(O[C@@H]2O[C@H](CO)[C@@H](O)[C@H](O)[C@H]2O)c1. The van der Waals surface area contributed by atoms with Gasteiger partial charge >= 0.3 is 5.97 Å². The number of phenolic OH excluding ortho intramolecular Hbond substituents is 1. The molecule has 5 N–H and O–H groups in total. The van der Waals surface area contributed by atoms with Crippen molar-refractivity contribution in [3.05, 3.63) is 23.8 Å². The minimum atomic E-state index is -1.55. The molecule has 0 bridgehead atoms. The van der Waals surface area contributed by atoms with Crippen molar-refractivity contribution in [3.8, 4) is 11.5 Å². The summed E-state index contributed by atoms with van der Waals surface area (Å²) in [6.07, 6.45) is -4.72. The van der Waals surface area contributed by atoms with E-state index in [1.807, 2.05) is 0 Å². The van der Waals surface area contributed by atoms with Gasteiger partial charge in [0, 0.05) is 12.5 Å². The Hall–Kier alpha value is -1.91. The zero-order valence-electron chi connectivity index (χ0n) is 15.7. The molecule has 0 aromatic heterocycles. The van der Waals surface area contributed by atoms with Crippen molar-refractivity contribution in [3.63, 3.8) is 0 Å². The van der Waals surface area contributed by atoms with Crippen molar-refractivity contribution in [2.75, 3.05) is 13.2 Å². The van der Waals surface area contributed by atoms with E-state index < -0.39 is 37.3 Å². The van der Waals surface area contributed by atoms with E-state index in [1.165, 1.54) is 6.07 Å². The van der Waals surface area contributed by atoms with Crippen LogP contribution in [0, 0.1) is 0 Å². The Balaban J connectivity index is 1.96. The third-order valence-electron chi connectivity index (χ3n) is 4.45. The lowest BCUT2D eigenvalue weighted by Gasteiger charge is -2.39. The molecular weight excluding hydrogens is 372 g/mol. The maximum atomic E-state index is 11.3. The smallest absolute Gasteiger partial charge is 0.305 e. The van der Waals surface area contributed by atoms with Gasteiger partial charge in [0.25, 0.3) is 0 Å². The third-order valence-corrected chi connectivity index (χ3v) is 4.45. The molecule has 1 aromatic rings. The lowest BCUT2D eigenvalue weighted by atomic mass is 9.99. The van der Waals surface area contributed by atoms with Gasteiger partial charge in [-0.25, -0.2) is 0 Å². The zero-order chi connectivity index (χ0) is 20.7. The van der Waals surface area contributed by atoms with Gasteiger partial charge in [-0.05, 0) is 43.9 Å². The van der Waals surface area contributed by atoms with Crippen LogP contribution in [0.15, 0.2) is 18.2 Å². The molecule has 5 atom stereocenters. The van der Waals surface area contributed by atoms with Gasteiger partial charge in [0.05, 0.1) is 13.2 Å². The molecule has 28 heavy (non-hydrogen) atoms. The highest BCUT2D eigenvalue weighted by Crippen LogP contribution is 2.28. The Kier molecular flexibility index (Phi) is 8.46. The second kappa shape index (κ2) is 10.6. The maximum absolute atomic E-state index is 11.3. The highest BCUT2D eigenvalue weighted by Gasteiger charge is 2.44. The Labute approximate surface area is 163 Å². The molecule has 0 amide bonds. The van der Waals surface area contributed by atoms with E-state index in [2.05, 4.69) is 0 Å². The standard InChI is InChI=1S/C19H28O9/c1-2-26-15(22)6-4-3-5-11-7-12(21)9-13(8-11)27-19-18(25)17(24)16(23)14(10-20)28-19/h7-9,14,16-21,23-25H,2-6,10H2,1H3/t14-,16-,17+,18-,19-/m1/s1. The maximum Gasteiger partial charge on any atom is 0.305 e. The predicted octanol–water partition coefficient (Wildman–Crippen LogP) is -0.153. The van der Waals surface area contributed by atoms with Crippen molar-refractivity contribution in [2.24, 2.45) is 0 Å². The quantitative estimate of drug-likeness (QED) is 0.282. The molecule has 1 aliphatic rings. The van der Waals surface area contributed by atoms with Gasteiger partial charge in [0.1, 0.15) is 35.9 Å². The fourth-order valence-corrected chi connectivity index (χ4v) is 2.99. The molecule has 0 saturated carbocycles. The van der Waals surface area contributed by atoms with Gasteiger partial charge < -0.3 is 39.7 Å². The summed E-state index contributed by atoms with van der Waals surface area (Å²) in [7, 11) is 0. The number of carbonyl (C=O) groups is 1. The Morgan fingerprint density at radius 2 is 1.86 bits per heavy atom. The normalized spacial score (nSPS) is 27.4. The van der Waals surface area contributed by atoms with Crippen molar-refractivity contribution < 1.29 is 44.5 Å². The third kappa shape index (κ3) is 6.05. The summed E-state index contributed by atoms with van der Waals surface area (Å²) in [6.45, 7) is 1.54. The molecular formula is C19H28O9. The molecule has 1 aliphatic heterocycles. The van der Waals surface area contributed by atoms with Crippen LogP contribution in [0.5, 0.6) is 11.5 Å². The van der Waals surface area contributed by atoms with Crippen LogP contribution in [0.4, 0.5) is 0 Å². The zero-order valence-corrected chi connectivity index (χ0v) is 15.7. The van der Waals surface area contributed by atoms with E-state index >= 15 is 0 Å². The lowest BCUT2D eigenvalue weighted by molar-refractivity contribution is -0.277. The number of benzene rings is 1. The lowest BCUT2D eigenvalue weighted by Crippen LogP contribution is -2.60. The average molecular weight is 400 g/mol.